The highest BCUT2D eigenvalue weighted by Gasteiger charge is 2.23. The van der Waals surface area contributed by atoms with Crippen molar-refractivity contribution in [1.29, 1.82) is 0 Å². The van der Waals surface area contributed by atoms with Crippen molar-refractivity contribution in [1.82, 2.24) is 0 Å². The highest BCUT2D eigenvalue weighted by molar-refractivity contribution is 7.99. The zero-order valence-electron chi connectivity index (χ0n) is 12.9. The number of hydrogen-bond acceptors (Lipinski definition) is 2. The monoisotopic (exact) mass is 298 g/mol. The molecule has 110 valence electrons. The lowest BCUT2D eigenvalue weighted by molar-refractivity contribution is 0.298. The van der Waals surface area contributed by atoms with Crippen LogP contribution >= 0.6 is 11.8 Å². The van der Waals surface area contributed by atoms with Crippen LogP contribution < -0.4 is 4.74 Å². The molecule has 1 nitrogen and oxygen atoms in total. The average Bonchev–Trinajstić information content (AvgIpc) is 2.88. The molecule has 0 radical (unpaired) electrons. The molecule has 1 heterocycles. The van der Waals surface area contributed by atoms with Crippen LogP contribution in [0.5, 0.6) is 5.75 Å². The molecular weight excluding hydrogens is 276 g/mol. The van der Waals surface area contributed by atoms with E-state index in [1.54, 1.807) is 0 Å². The molecule has 0 bridgehead atoms. The second-order valence-corrected chi connectivity index (χ2v) is 7.69. The predicted molar refractivity (Wildman–Crippen MR) is 90.5 cm³/mol. The third-order valence-electron chi connectivity index (χ3n) is 3.97. The molecular formula is C19H22OS. The molecule has 1 unspecified atom stereocenters. The van der Waals surface area contributed by atoms with Crippen LogP contribution in [0.2, 0.25) is 0 Å². The van der Waals surface area contributed by atoms with Gasteiger partial charge in [0.05, 0.1) is 6.61 Å². The molecule has 0 spiro atoms. The van der Waals surface area contributed by atoms with Gasteiger partial charge in [-0.05, 0) is 34.7 Å². The van der Waals surface area contributed by atoms with Crippen molar-refractivity contribution in [2.45, 2.75) is 37.0 Å². The van der Waals surface area contributed by atoms with Crippen LogP contribution in [0.15, 0.2) is 53.4 Å². The quantitative estimate of drug-likeness (QED) is 0.765. The van der Waals surface area contributed by atoms with E-state index >= 15 is 0 Å². The minimum absolute atomic E-state index is 0.194. The zero-order valence-corrected chi connectivity index (χ0v) is 13.7. The van der Waals surface area contributed by atoms with Gasteiger partial charge in [-0.15, -0.1) is 11.8 Å². The fourth-order valence-electron chi connectivity index (χ4n) is 2.62. The van der Waals surface area contributed by atoms with Gasteiger partial charge in [-0.2, -0.15) is 0 Å². The molecule has 1 aliphatic heterocycles. The molecule has 3 rings (SSSR count). The van der Waals surface area contributed by atoms with Crippen molar-refractivity contribution in [2.24, 2.45) is 0 Å². The van der Waals surface area contributed by atoms with Crippen molar-refractivity contribution in [3.05, 3.63) is 59.7 Å². The Morgan fingerprint density at radius 1 is 1.05 bits per heavy atom. The molecule has 2 aromatic rings. The van der Waals surface area contributed by atoms with Crippen molar-refractivity contribution in [3.8, 4) is 5.75 Å². The Bertz CT molecular complexity index is 610. The van der Waals surface area contributed by atoms with Crippen molar-refractivity contribution >= 4 is 11.8 Å². The summed E-state index contributed by atoms with van der Waals surface area (Å²) < 4.78 is 6.00. The van der Waals surface area contributed by atoms with E-state index < -0.39 is 0 Å². The van der Waals surface area contributed by atoms with Gasteiger partial charge in [-0.3, -0.25) is 0 Å². The van der Waals surface area contributed by atoms with Gasteiger partial charge in [0.15, 0.2) is 0 Å². The van der Waals surface area contributed by atoms with Gasteiger partial charge < -0.3 is 4.74 Å². The fraction of sp³-hybridized carbons (Fsp3) is 0.368. The number of thioether (sulfide) groups is 1. The van der Waals surface area contributed by atoms with Crippen molar-refractivity contribution in [3.63, 3.8) is 0 Å². The van der Waals surface area contributed by atoms with Crippen LogP contribution in [0.1, 0.15) is 37.8 Å². The maximum atomic E-state index is 6.00. The molecule has 0 amide bonds. The van der Waals surface area contributed by atoms with E-state index in [1.807, 2.05) is 11.8 Å². The van der Waals surface area contributed by atoms with Gasteiger partial charge in [0.2, 0.25) is 0 Å². The van der Waals surface area contributed by atoms with Gasteiger partial charge in [-0.1, -0.05) is 51.1 Å². The van der Waals surface area contributed by atoms with Gasteiger partial charge in [0.25, 0.3) is 0 Å². The first-order valence-corrected chi connectivity index (χ1v) is 8.48. The Balaban J connectivity index is 1.64. The highest BCUT2D eigenvalue weighted by Crippen LogP contribution is 2.39. The highest BCUT2D eigenvalue weighted by atomic mass is 32.2. The van der Waals surface area contributed by atoms with Gasteiger partial charge in [0.1, 0.15) is 5.75 Å². The third kappa shape index (κ3) is 3.26. The number of fused-ring (bicyclic) bond motifs is 1. The Kier molecular flexibility index (Phi) is 3.99. The number of hydrogen-bond donors (Lipinski definition) is 0. The lowest BCUT2D eigenvalue weighted by atomic mass is 9.87. The van der Waals surface area contributed by atoms with Crippen LogP contribution in [0.3, 0.4) is 0 Å². The summed E-state index contributed by atoms with van der Waals surface area (Å²) in [7, 11) is 0. The number of ether oxygens (including phenoxy) is 1. The number of rotatable bonds is 3. The Morgan fingerprint density at radius 3 is 2.48 bits per heavy atom. The Morgan fingerprint density at radius 2 is 1.76 bits per heavy atom. The lowest BCUT2D eigenvalue weighted by Gasteiger charge is -2.19. The molecule has 0 N–H and O–H groups in total. The lowest BCUT2D eigenvalue weighted by Crippen LogP contribution is -2.12. The summed E-state index contributed by atoms with van der Waals surface area (Å²) in [6, 6.07) is 17.2. The van der Waals surface area contributed by atoms with E-state index in [0.29, 0.717) is 5.92 Å². The summed E-state index contributed by atoms with van der Waals surface area (Å²) in [6.07, 6.45) is 0. The SMILES string of the molecule is CC(C)(C)c1ccc(OCC2CSc3ccccc32)cc1. The summed E-state index contributed by atoms with van der Waals surface area (Å²) in [4.78, 5) is 1.41. The molecule has 1 atom stereocenters. The van der Waals surface area contributed by atoms with Crippen LogP contribution in [-0.2, 0) is 5.41 Å². The van der Waals surface area contributed by atoms with E-state index in [4.69, 9.17) is 4.74 Å². The molecule has 0 aliphatic carbocycles. The average molecular weight is 298 g/mol. The maximum absolute atomic E-state index is 6.00. The summed E-state index contributed by atoms with van der Waals surface area (Å²) in [5.74, 6) is 2.60. The standard InChI is InChI=1S/C19H22OS/c1-19(2,3)15-8-10-16(11-9-15)20-12-14-13-21-18-7-5-4-6-17(14)18/h4-11,14H,12-13H2,1-3H3. The minimum Gasteiger partial charge on any atom is -0.493 e. The second-order valence-electron chi connectivity index (χ2n) is 6.63. The molecule has 21 heavy (non-hydrogen) atoms. The minimum atomic E-state index is 0.194. The van der Waals surface area contributed by atoms with Gasteiger partial charge in [-0.25, -0.2) is 0 Å². The normalized spacial score (nSPS) is 17.6. The second kappa shape index (κ2) is 5.76. The van der Waals surface area contributed by atoms with Crippen LogP contribution in [-0.4, -0.2) is 12.4 Å². The summed E-state index contributed by atoms with van der Waals surface area (Å²) in [5.41, 5.74) is 2.98. The fourth-order valence-corrected chi connectivity index (χ4v) is 3.85. The smallest absolute Gasteiger partial charge is 0.119 e. The van der Waals surface area contributed by atoms with Crippen LogP contribution in [0, 0.1) is 0 Å². The summed E-state index contributed by atoms with van der Waals surface area (Å²) >= 11 is 1.94. The topological polar surface area (TPSA) is 9.23 Å². The number of benzene rings is 2. The van der Waals surface area contributed by atoms with E-state index in [0.717, 1.165) is 18.1 Å². The predicted octanol–water partition coefficient (Wildman–Crippen LogP) is 5.25. The third-order valence-corrected chi connectivity index (χ3v) is 5.22. The summed E-state index contributed by atoms with van der Waals surface area (Å²) in [5, 5.41) is 0. The Labute approximate surface area is 131 Å². The van der Waals surface area contributed by atoms with Crippen molar-refractivity contribution < 1.29 is 4.74 Å². The molecule has 0 saturated carbocycles. The largest absolute Gasteiger partial charge is 0.493 e. The van der Waals surface area contributed by atoms with Crippen molar-refractivity contribution in [2.75, 3.05) is 12.4 Å². The van der Waals surface area contributed by atoms with E-state index in [-0.39, 0.29) is 5.41 Å². The molecule has 1 aliphatic rings. The first kappa shape index (κ1) is 14.5. The van der Waals surface area contributed by atoms with Gasteiger partial charge >= 0.3 is 0 Å². The maximum Gasteiger partial charge on any atom is 0.119 e. The molecule has 0 saturated heterocycles. The van der Waals surface area contributed by atoms with E-state index in [2.05, 4.69) is 69.3 Å². The zero-order chi connectivity index (χ0) is 14.9. The Hall–Kier alpha value is -1.41. The molecule has 0 fully saturated rings. The van der Waals surface area contributed by atoms with Crippen LogP contribution in [0.4, 0.5) is 0 Å². The van der Waals surface area contributed by atoms with Crippen LogP contribution in [0.25, 0.3) is 0 Å². The summed E-state index contributed by atoms with van der Waals surface area (Å²) in [6.45, 7) is 7.46. The first-order valence-electron chi connectivity index (χ1n) is 7.49. The molecule has 0 aromatic heterocycles. The van der Waals surface area contributed by atoms with E-state index in [1.165, 1.54) is 16.0 Å². The first-order chi connectivity index (χ1) is 10.0. The molecule has 2 aromatic carbocycles. The molecule has 2 heteroatoms. The van der Waals surface area contributed by atoms with Gasteiger partial charge in [0, 0.05) is 16.6 Å². The van der Waals surface area contributed by atoms with E-state index in [9.17, 15) is 0 Å².